The number of anilines is 1. The van der Waals surface area contributed by atoms with E-state index in [1.807, 2.05) is 6.92 Å². The van der Waals surface area contributed by atoms with Crippen LogP contribution in [0, 0.1) is 10.1 Å². The van der Waals surface area contributed by atoms with Gasteiger partial charge >= 0.3 is 0 Å². The van der Waals surface area contributed by atoms with Crippen molar-refractivity contribution in [2.24, 2.45) is 0 Å². The summed E-state index contributed by atoms with van der Waals surface area (Å²) in [5, 5.41) is 11.0. The topological polar surface area (TPSA) is 115 Å². The standard InChI is InChI=1S/C13H14N4O3/c1-2-5-9-11(14)15-12(16-13(9)18)8-6-3-4-7-10(8)17(19)20/h3-4,6-7H,2,5H2,1H3,(H3,14,15,16,18). The molecule has 0 aliphatic carbocycles. The monoisotopic (exact) mass is 274 g/mol. The highest BCUT2D eigenvalue weighted by atomic mass is 16.6. The quantitative estimate of drug-likeness (QED) is 0.652. The van der Waals surface area contributed by atoms with Crippen LogP contribution in [0.4, 0.5) is 11.5 Å². The van der Waals surface area contributed by atoms with E-state index in [-0.39, 0.29) is 28.5 Å². The summed E-state index contributed by atoms with van der Waals surface area (Å²) >= 11 is 0. The molecule has 1 heterocycles. The summed E-state index contributed by atoms with van der Waals surface area (Å²) in [6.07, 6.45) is 1.28. The van der Waals surface area contributed by atoms with Crippen molar-refractivity contribution in [2.75, 3.05) is 5.73 Å². The zero-order valence-corrected chi connectivity index (χ0v) is 10.9. The molecule has 7 nitrogen and oxygen atoms in total. The first-order valence-corrected chi connectivity index (χ1v) is 6.17. The van der Waals surface area contributed by atoms with Crippen LogP contribution in [0.15, 0.2) is 29.1 Å². The van der Waals surface area contributed by atoms with Crippen LogP contribution >= 0.6 is 0 Å². The first kappa shape index (κ1) is 13.7. The minimum atomic E-state index is -0.522. The van der Waals surface area contributed by atoms with E-state index in [0.29, 0.717) is 12.0 Å². The predicted molar refractivity (Wildman–Crippen MR) is 75.4 cm³/mol. The molecule has 0 amide bonds. The minimum Gasteiger partial charge on any atom is -0.383 e. The molecular formula is C13H14N4O3. The number of nitro groups is 1. The molecule has 20 heavy (non-hydrogen) atoms. The lowest BCUT2D eigenvalue weighted by Crippen LogP contribution is -2.18. The predicted octanol–water partition coefficient (Wildman–Crippen LogP) is 1.88. The molecule has 3 N–H and O–H groups in total. The lowest BCUT2D eigenvalue weighted by molar-refractivity contribution is -0.384. The Balaban J connectivity index is 2.61. The molecule has 0 radical (unpaired) electrons. The van der Waals surface area contributed by atoms with Crippen molar-refractivity contribution < 1.29 is 4.92 Å². The number of nitrogens with two attached hydrogens (primary N) is 1. The van der Waals surface area contributed by atoms with Gasteiger partial charge in [-0.25, -0.2) is 4.98 Å². The van der Waals surface area contributed by atoms with Gasteiger partial charge in [0.05, 0.1) is 16.1 Å². The molecule has 0 fully saturated rings. The molecule has 1 aromatic heterocycles. The van der Waals surface area contributed by atoms with Gasteiger partial charge in [0.15, 0.2) is 0 Å². The van der Waals surface area contributed by atoms with Crippen LogP contribution in [0.3, 0.4) is 0 Å². The smallest absolute Gasteiger partial charge is 0.280 e. The fourth-order valence-corrected chi connectivity index (χ4v) is 1.97. The Kier molecular flexibility index (Phi) is 3.79. The zero-order valence-electron chi connectivity index (χ0n) is 10.9. The number of aromatic nitrogens is 2. The van der Waals surface area contributed by atoms with Crippen molar-refractivity contribution in [3.8, 4) is 11.4 Å². The first-order chi connectivity index (χ1) is 9.54. The second-order valence-electron chi connectivity index (χ2n) is 4.30. The zero-order chi connectivity index (χ0) is 14.7. The maximum Gasteiger partial charge on any atom is 0.280 e. The number of benzene rings is 1. The Morgan fingerprint density at radius 2 is 2.10 bits per heavy atom. The highest BCUT2D eigenvalue weighted by Gasteiger charge is 2.18. The van der Waals surface area contributed by atoms with Gasteiger partial charge in [0.1, 0.15) is 11.6 Å². The summed E-state index contributed by atoms with van der Waals surface area (Å²) in [5.41, 5.74) is 5.94. The summed E-state index contributed by atoms with van der Waals surface area (Å²) in [5.74, 6) is 0.225. The lowest BCUT2D eigenvalue weighted by Gasteiger charge is -2.06. The number of aromatic amines is 1. The molecule has 2 rings (SSSR count). The average Bonchev–Trinajstić information content (AvgIpc) is 2.42. The summed E-state index contributed by atoms with van der Waals surface area (Å²) in [6.45, 7) is 1.93. The fraction of sp³-hybridized carbons (Fsp3) is 0.231. The Labute approximate surface area is 114 Å². The van der Waals surface area contributed by atoms with Crippen LogP contribution in [0.5, 0.6) is 0 Å². The molecule has 0 saturated heterocycles. The number of nitrogens with zero attached hydrogens (tertiary/aromatic N) is 2. The van der Waals surface area contributed by atoms with E-state index >= 15 is 0 Å². The highest BCUT2D eigenvalue weighted by molar-refractivity contribution is 5.68. The third kappa shape index (κ3) is 2.51. The van der Waals surface area contributed by atoms with Gasteiger partial charge in [0.2, 0.25) is 0 Å². The number of hydrogen-bond donors (Lipinski definition) is 2. The molecule has 0 unspecified atom stereocenters. The van der Waals surface area contributed by atoms with Crippen LogP contribution in [0.2, 0.25) is 0 Å². The normalized spacial score (nSPS) is 10.4. The van der Waals surface area contributed by atoms with Crippen molar-refractivity contribution in [3.05, 3.63) is 50.3 Å². The summed E-state index contributed by atoms with van der Waals surface area (Å²) in [7, 11) is 0. The lowest BCUT2D eigenvalue weighted by atomic mass is 10.1. The van der Waals surface area contributed by atoms with E-state index in [1.54, 1.807) is 12.1 Å². The third-order valence-corrected chi connectivity index (χ3v) is 2.90. The molecule has 7 heteroatoms. The van der Waals surface area contributed by atoms with Crippen molar-refractivity contribution in [1.82, 2.24) is 9.97 Å². The van der Waals surface area contributed by atoms with Gasteiger partial charge in [-0.2, -0.15) is 0 Å². The van der Waals surface area contributed by atoms with E-state index in [9.17, 15) is 14.9 Å². The maximum absolute atomic E-state index is 12.0. The van der Waals surface area contributed by atoms with E-state index in [1.165, 1.54) is 12.1 Å². The molecule has 2 aromatic rings. The Hall–Kier alpha value is -2.70. The van der Waals surface area contributed by atoms with Crippen LogP contribution < -0.4 is 11.3 Å². The number of rotatable bonds is 4. The Bertz CT molecular complexity index is 709. The molecule has 0 aliphatic heterocycles. The third-order valence-electron chi connectivity index (χ3n) is 2.90. The van der Waals surface area contributed by atoms with Crippen LogP contribution in [0.25, 0.3) is 11.4 Å². The summed E-state index contributed by atoms with van der Waals surface area (Å²) in [6, 6.07) is 6.06. The number of para-hydroxylation sites is 1. The van der Waals surface area contributed by atoms with Crippen LogP contribution in [0.1, 0.15) is 18.9 Å². The summed E-state index contributed by atoms with van der Waals surface area (Å²) < 4.78 is 0. The maximum atomic E-state index is 12.0. The number of nitrogen functional groups attached to an aromatic ring is 1. The van der Waals surface area contributed by atoms with Crippen molar-refractivity contribution >= 4 is 11.5 Å². The van der Waals surface area contributed by atoms with E-state index in [4.69, 9.17) is 5.73 Å². The number of H-pyrrole nitrogens is 1. The van der Waals surface area contributed by atoms with Gasteiger partial charge in [-0.1, -0.05) is 25.5 Å². The minimum absolute atomic E-state index is 0.111. The van der Waals surface area contributed by atoms with Gasteiger partial charge in [0, 0.05) is 6.07 Å². The number of nitro benzene ring substituents is 1. The average molecular weight is 274 g/mol. The first-order valence-electron chi connectivity index (χ1n) is 6.17. The Morgan fingerprint density at radius 3 is 2.70 bits per heavy atom. The SMILES string of the molecule is CCCc1c(N)nc(-c2ccccc2[N+](=O)[O-])[nH]c1=O. The van der Waals surface area contributed by atoms with Crippen LogP contribution in [-0.4, -0.2) is 14.9 Å². The van der Waals surface area contributed by atoms with E-state index in [2.05, 4.69) is 9.97 Å². The van der Waals surface area contributed by atoms with E-state index < -0.39 is 4.92 Å². The molecule has 1 aromatic carbocycles. The van der Waals surface area contributed by atoms with Crippen molar-refractivity contribution in [3.63, 3.8) is 0 Å². The van der Waals surface area contributed by atoms with Crippen LogP contribution in [-0.2, 0) is 6.42 Å². The largest absolute Gasteiger partial charge is 0.383 e. The second kappa shape index (κ2) is 5.52. The molecule has 0 atom stereocenters. The summed E-state index contributed by atoms with van der Waals surface area (Å²) in [4.78, 5) is 29.1. The highest BCUT2D eigenvalue weighted by Crippen LogP contribution is 2.26. The molecule has 0 bridgehead atoms. The van der Waals surface area contributed by atoms with Crippen molar-refractivity contribution in [1.29, 1.82) is 0 Å². The number of hydrogen-bond acceptors (Lipinski definition) is 5. The molecule has 104 valence electrons. The van der Waals surface area contributed by atoms with Gasteiger partial charge < -0.3 is 10.7 Å². The van der Waals surface area contributed by atoms with Gasteiger partial charge in [-0.15, -0.1) is 0 Å². The number of nitrogens with one attached hydrogen (secondary N) is 1. The molecular weight excluding hydrogens is 260 g/mol. The van der Waals surface area contributed by atoms with Gasteiger partial charge in [-0.3, -0.25) is 14.9 Å². The van der Waals surface area contributed by atoms with E-state index in [0.717, 1.165) is 6.42 Å². The molecule has 0 saturated carbocycles. The van der Waals surface area contributed by atoms with Gasteiger partial charge in [-0.05, 0) is 12.5 Å². The second-order valence-corrected chi connectivity index (χ2v) is 4.30. The van der Waals surface area contributed by atoms with Crippen molar-refractivity contribution in [2.45, 2.75) is 19.8 Å². The molecule has 0 spiro atoms. The fourth-order valence-electron chi connectivity index (χ4n) is 1.97. The Morgan fingerprint density at radius 1 is 1.40 bits per heavy atom. The molecule has 0 aliphatic rings. The van der Waals surface area contributed by atoms with Gasteiger partial charge in [0.25, 0.3) is 11.2 Å².